The van der Waals surface area contributed by atoms with Gasteiger partial charge in [0.2, 0.25) is 10.0 Å². The van der Waals surface area contributed by atoms with Crippen LogP contribution in [0.3, 0.4) is 0 Å². The quantitative estimate of drug-likeness (QED) is 0.764. The number of nitrogens with zero attached hydrogens (tertiary/aromatic N) is 1. The molecule has 0 atom stereocenters. The Kier molecular flexibility index (Phi) is 3.92. The molecule has 0 unspecified atom stereocenters. The van der Waals surface area contributed by atoms with E-state index in [4.69, 9.17) is 5.73 Å². The molecule has 1 saturated heterocycles. The van der Waals surface area contributed by atoms with E-state index in [0.717, 1.165) is 0 Å². The summed E-state index contributed by atoms with van der Waals surface area (Å²) in [7, 11) is -6.81. The molecule has 9 heteroatoms. The van der Waals surface area contributed by atoms with Gasteiger partial charge in [0.1, 0.15) is 0 Å². The summed E-state index contributed by atoms with van der Waals surface area (Å²) in [6, 6.07) is 4.42. The highest BCUT2D eigenvalue weighted by molar-refractivity contribution is 9.10. The first kappa shape index (κ1) is 14.8. The van der Waals surface area contributed by atoms with Crippen LogP contribution in [-0.2, 0) is 19.9 Å². The maximum atomic E-state index is 12.4. The number of hydrogen-bond donors (Lipinski definition) is 1. The molecule has 1 fully saturated rings. The summed E-state index contributed by atoms with van der Waals surface area (Å²) in [6.07, 6.45) is 0. The van der Waals surface area contributed by atoms with E-state index in [0.29, 0.717) is 10.2 Å². The average Bonchev–Trinajstić information content (AvgIpc) is 2.27. The van der Waals surface area contributed by atoms with Gasteiger partial charge < -0.3 is 5.73 Å². The predicted molar refractivity (Wildman–Crippen MR) is 76.0 cm³/mol. The third-order valence-electron chi connectivity index (χ3n) is 2.88. The molecule has 0 spiro atoms. The summed E-state index contributed by atoms with van der Waals surface area (Å²) in [5.74, 6) is -0.280. The molecule has 6 nitrogen and oxygen atoms in total. The molecule has 1 aromatic carbocycles. The molecule has 19 heavy (non-hydrogen) atoms. The monoisotopic (exact) mass is 368 g/mol. The Morgan fingerprint density at radius 1 is 1.21 bits per heavy atom. The van der Waals surface area contributed by atoms with E-state index < -0.39 is 19.9 Å². The molecule has 0 bridgehead atoms. The van der Waals surface area contributed by atoms with Gasteiger partial charge in [-0.3, -0.25) is 0 Å². The Labute approximate surface area is 120 Å². The summed E-state index contributed by atoms with van der Waals surface area (Å²) >= 11 is 3.17. The van der Waals surface area contributed by atoms with Crippen molar-refractivity contribution in [3.63, 3.8) is 0 Å². The summed E-state index contributed by atoms with van der Waals surface area (Å²) in [6.45, 7) is -0.0248. The molecule has 106 valence electrons. The van der Waals surface area contributed by atoms with Crippen LogP contribution >= 0.6 is 15.9 Å². The standard InChI is InChI=1S/C10H13BrN2O4S2/c11-9-7-8(12)1-2-10(9)19(16,17)13-3-5-18(14,15)6-4-13/h1-2,7H,3-6,12H2. The number of sulfone groups is 1. The van der Waals surface area contributed by atoms with E-state index in [1.54, 1.807) is 0 Å². The largest absolute Gasteiger partial charge is 0.399 e. The topological polar surface area (TPSA) is 97.5 Å². The van der Waals surface area contributed by atoms with Crippen molar-refractivity contribution in [1.29, 1.82) is 0 Å². The van der Waals surface area contributed by atoms with E-state index in [1.165, 1.54) is 22.5 Å². The predicted octanol–water partition coefficient (Wildman–Crippen LogP) is 0.450. The maximum absolute atomic E-state index is 12.4. The lowest BCUT2D eigenvalue weighted by Crippen LogP contribution is -2.43. The zero-order valence-electron chi connectivity index (χ0n) is 9.91. The number of hydrogen-bond acceptors (Lipinski definition) is 5. The second-order valence-corrected chi connectivity index (χ2v) is 9.31. The molecule has 1 aliphatic rings. The zero-order valence-corrected chi connectivity index (χ0v) is 13.1. The van der Waals surface area contributed by atoms with Crippen LogP contribution < -0.4 is 5.73 Å². The first-order valence-electron chi connectivity index (χ1n) is 5.48. The van der Waals surface area contributed by atoms with Crippen LogP contribution in [0.1, 0.15) is 0 Å². The van der Waals surface area contributed by atoms with Crippen molar-refractivity contribution in [2.24, 2.45) is 0 Å². The molecule has 2 N–H and O–H groups in total. The first-order valence-corrected chi connectivity index (χ1v) is 9.53. The third kappa shape index (κ3) is 3.10. The minimum atomic E-state index is -3.69. The van der Waals surface area contributed by atoms with Crippen LogP contribution in [0.5, 0.6) is 0 Å². The summed E-state index contributed by atoms with van der Waals surface area (Å²) < 4.78 is 49.0. The first-order chi connectivity index (χ1) is 8.72. The minimum Gasteiger partial charge on any atom is -0.399 e. The van der Waals surface area contributed by atoms with Crippen molar-refractivity contribution in [3.05, 3.63) is 22.7 Å². The van der Waals surface area contributed by atoms with Crippen molar-refractivity contribution in [2.45, 2.75) is 4.90 Å². The second-order valence-electron chi connectivity index (χ2n) is 4.25. The van der Waals surface area contributed by atoms with Crippen LogP contribution in [0.4, 0.5) is 5.69 Å². The molecule has 0 aromatic heterocycles. The Hall–Kier alpha value is -0.640. The van der Waals surface area contributed by atoms with Crippen LogP contribution in [-0.4, -0.2) is 45.7 Å². The van der Waals surface area contributed by atoms with Gasteiger partial charge in [0.05, 0.1) is 16.4 Å². The molecule has 1 aromatic rings. The molecule has 1 aliphatic heterocycles. The number of sulfonamides is 1. The third-order valence-corrected chi connectivity index (χ3v) is 7.36. The van der Waals surface area contributed by atoms with E-state index in [-0.39, 0.29) is 29.5 Å². The highest BCUT2D eigenvalue weighted by atomic mass is 79.9. The van der Waals surface area contributed by atoms with E-state index in [2.05, 4.69) is 15.9 Å². The summed E-state index contributed by atoms with van der Waals surface area (Å²) in [5, 5.41) is 0. The zero-order chi connectivity index (χ0) is 14.3. The highest BCUT2D eigenvalue weighted by Crippen LogP contribution is 2.27. The lowest BCUT2D eigenvalue weighted by molar-refractivity contribution is 0.430. The van der Waals surface area contributed by atoms with Crippen molar-refractivity contribution in [1.82, 2.24) is 4.31 Å². The molecular formula is C10H13BrN2O4S2. The van der Waals surface area contributed by atoms with Gasteiger partial charge in [-0.05, 0) is 34.1 Å². The van der Waals surface area contributed by atoms with Crippen LogP contribution in [0.25, 0.3) is 0 Å². The van der Waals surface area contributed by atoms with Gasteiger partial charge in [-0.25, -0.2) is 16.8 Å². The second kappa shape index (κ2) is 5.04. The van der Waals surface area contributed by atoms with Crippen LogP contribution in [0.15, 0.2) is 27.6 Å². The van der Waals surface area contributed by atoms with Gasteiger partial charge in [0, 0.05) is 23.2 Å². The molecule has 0 saturated carbocycles. The van der Waals surface area contributed by atoms with Crippen LogP contribution in [0.2, 0.25) is 0 Å². The van der Waals surface area contributed by atoms with Gasteiger partial charge in [-0.15, -0.1) is 0 Å². The smallest absolute Gasteiger partial charge is 0.244 e. The number of nitrogen functional groups attached to an aromatic ring is 1. The van der Waals surface area contributed by atoms with Crippen molar-refractivity contribution < 1.29 is 16.8 Å². The van der Waals surface area contributed by atoms with Gasteiger partial charge in [0.25, 0.3) is 0 Å². The molecule has 0 aliphatic carbocycles. The lowest BCUT2D eigenvalue weighted by atomic mass is 10.3. The number of nitrogens with two attached hydrogens (primary N) is 1. The minimum absolute atomic E-state index is 0.0124. The fraction of sp³-hybridized carbons (Fsp3) is 0.400. The van der Waals surface area contributed by atoms with E-state index in [1.807, 2.05) is 0 Å². The van der Waals surface area contributed by atoms with Crippen LogP contribution in [0, 0.1) is 0 Å². The Balaban J connectivity index is 2.33. The number of rotatable bonds is 2. The SMILES string of the molecule is Nc1ccc(S(=O)(=O)N2CCS(=O)(=O)CC2)c(Br)c1. The summed E-state index contributed by atoms with van der Waals surface area (Å²) in [5.41, 5.74) is 6.02. The van der Waals surface area contributed by atoms with E-state index >= 15 is 0 Å². The highest BCUT2D eigenvalue weighted by Gasteiger charge is 2.32. The maximum Gasteiger partial charge on any atom is 0.244 e. The number of halogens is 1. The average molecular weight is 369 g/mol. The molecular weight excluding hydrogens is 356 g/mol. The molecule has 1 heterocycles. The molecule has 0 amide bonds. The number of benzene rings is 1. The van der Waals surface area contributed by atoms with Crippen molar-refractivity contribution >= 4 is 41.5 Å². The Bertz CT molecular complexity index is 686. The summed E-state index contributed by atoms with van der Waals surface area (Å²) in [4.78, 5) is 0.0981. The fourth-order valence-corrected chi connectivity index (χ4v) is 5.73. The molecule has 2 rings (SSSR count). The number of anilines is 1. The Morgan fingerprint density at radius 2 is 1.79 bits per heavy atom. The molecule has 0 radical (unpaired) electrons. The van der Waals surface area contributed by atoms with Crippen molar-refractivity contribution in [3.8, 4) is 0 Å². The van der Waals surface area contributed by atoms with Gasteiger partial charge in [-0.2, -0.15) is 4.31 Å². The fourth-order valence-electron chi connectivity index (χ4n) is 1.80. The lowest BCUT2D eigenvalue weighted by Gasteiger charge is -2.26. The van der Waals surface area contributed by atoms with Gasteiger partial charge in [-0.1, -0.05) is 0 Å². The van der Waals surface area contributed by atoms with Gasteiger partial charge in [0.15, 0.2) is 9.84 Å². The van der Waals surface area contributed by atoms with E-state index in [9.17, 15) is 16.8 Å². The Morgan fingerprint density at radius 3 is 2.32 bits per heavy atom. The van der Waals surface area contributed by atoms with Gasteiger partial charge >= 0.3 is 0 Å². The van der Waals surface area contributed by atoms with Crippen molar-refractivity contribution in [2.75, 3.05) is 30.3 Å². The normalized spacial score (nSPS) is 20.3.